The fourth-order valence-electron chi connectivity index (χ4n) is 1.30. The minimum atomic E-state index is -0.398. The molecule has 1 unspecified atom stereocenters. The van der Waals surface area contributed by atoms with Gasteiger partial charge in [-0.3, -0.25) is 0 Å². The Bertz CT molecular complexity index is 319. The molecule has 1 aromatic carbocycles. The maximum absolute atomic E-state index is 13.1. The van der Waals surface area contributed by atoms with E-state index in [1.165, 1.54) is 6.07 Å². The zero-order valence-corrected chi connectivity index (χ0v) is 9.39. The molecule has 0 spiro atoms. The zero-order valence-electron chi connectivity index (χ0n) is 8.63. The van der Waals surface area contributed by atoms with Gasteiger partial charge in [-0.25, -0.2) is 4.39 Å². The molecular weight excluding hydrogens is 217 g/mol. The summed E-state index contributed by atoms with van der Waals surface area (Å²) >= 11 is 5.58. The van der Waals surface area contributed by atoms with Crippen molar-refractivity contribution in [1.29, 1.82) is 0 Å². The van der Waals surface area contributed by atoms with E-state index in [-0.39, 0.29) is 17.7 Å². The van der Waals surface area contributed by atoms with Gasteiger partial charge in [-0.1, -0.05) is 17.7 Å². The molecule has 0 heterocycles. The lowest BCUT2D eigenvalue weighted by atomic mass is 10.1. The van der Waals surface area contributed by atoms with E-state index in [9.17, 15) is 4.39 Å². The van der Waals surface area contributed by atoms with Crippen LogP contribution in [0.15, 0.2) is 18.2 Å². The lowest BCUT2D eigenvalue weighted by molar-refractivity contribution is 0.284. The summed E-state index contributed by atoms with van der Waals surface area (Å²) in [5.74, 6) is -0.398. The van der Waals surface area contributed by atoms with Crippen LogP contribution >= 0.6 is 11.6 Å². The first kappa shape index (κ1) is 12.4. The van der Waals surface area contributed by atoms with Gasteiger partial charge in [0.1, 0.15) is 5.82 Å². The van der Waals surface area contributed by atoms with Crippen LogP contribution in [-0.2, 0) is 0 Å². The maximum atomic E-state index is 13.1. The molecule has 1 aromatic rings. The first-order valence-electron chi connectivity index (χ1n) is 4.94. The van der Waals surface area contributed by atoms with Crippen LogP contribution in [0.5, 0.6) is 0 Å². The predicted octanol–water partition coefficient (Wildman–Crippen LogP) is 2.51. The zero-order chi connectivity index (χ0) is 11.3. The number of rotatable bonds is 5. The molecule has 0 aliphatic rings. The van der Waals surface area contributed by atoms with E-state index in [0.717, 1.165) is 5.56 Å². The molecule has 15 heavy (non-hydrogen) atoms. The summed E-state index contributed by atoms with van der Waals surface area (Å²) in [4.78, 5) is 0. The lowest BCUT2D eigenvalue weighted by Gasteiger charge is -2.14. The van der Waals surface area contributed by atoms with Crippen LogP contribution in [-0.4, -0.2) is 18.3 Å². The normalized spacial score (nSPS) is 12.8. The average Bonchev–Trinajstić information content (AvgIpc) is 2.22. The molecule has 2 nitrogen and oxygen atoms in total. The van der Waals surface area contributed by atoms with Crippen LogP contribution in [0.4, 0.5) is 4.39 Å². The van der Waals surface area contributed by atoms with Crippen molar-refractivity contribution in [1.82, 2.24) is 5.32 Å². The number of nitrogens with one attached hydrogen (secondary N) is 1. The van der Waals surface area contributed by atoms with Crippen LogP contribution < -0.4 is 5.32 Å². The summed E-state index contributed by atoms with van der Waals surface area (Å²) < 4.78 is 13.1. The minimum Gasteiger partial charge on any atom is -0.396 e. The second-order valence-corrected chi connectivity index (χ2v) is 3.83. The highest BCUT2D eigenvalue weighted by Crippen LogP contribution is 2.19. The van der Waals surface area contributed by atoms with Gasteiger partial charge < -0.3 is 10.4 Å². The minimum absolute atomic E-state index is 0.0586. The second-order valence-electron chi connectivity index (χ2n) is 3.43. The maximum Gasteiger partial charge on any atom is 0.142 e. The summed E-state index contributed by atoms with van der Waals surface area (Å²) in [7, 11) is 0. The van der Waals surface area contributed by atoms with Crippen LogP contribution in [0.25, 0.3) is 0 Å². The van der Waals surface area contributed by atoms with Gasteiger partial charge in [-0.15, -0.1) is 0 Å². The molecular formula is C11H15ClFNO. The number of halogens is 2. The topological polar surface area (TPSA) is 32.3 Å². The van der Waals surface area contributed by atoms with Gasteiger partial charge in [0.2, 0.25) is 0 Å². The van der Waals surface area contributed by atoms with Gasteiger partial charge >= 0.3 is 0 Å². The molecule has 0 bridgehead atoms. The summed E-state index contributed by atoms with van der Waals surface area (Å²) in [6.07, 6.45) is 0.695. The van der Waals surface area contributed by atoms with Crippen LogP contribution in [0.3, 0.4) is 0 Å². The van der Waals surface area contributed by atoms with Crippen molar-refractivity contribution < 1.29 is 9.50 Å². The first-order valence-corrected chi connectivity index (χ1v) is 5.32. The number of hydrogen-bond donors (Lipinski definition) is 2. The van der Waals surface area contributed by atoms with E-state index in [4.69, 9.17) is 16.7 Å². The Morgan fingerprint density at radius 3 is 2.87 bits per heavy atom. The molecule has 84 valence electrons. The largest absolute Gasteiger partial charge is 0.396 e. The standard InChI is InChI=1S/C11H15ClFNO/c1-8(14-5-2-6-15)9-3-4-10(12)11(13)7-9/h3-4,7-8,14-15H,2,5-6H2,1H3. The summed E-state index contributed by atoms with van der Waals surface area (Å²) in [5.41, 5.74) is 0.856. The monoisotopic (exact) mass is 231 g/mol. The van der Waals surface area contributed by atoms with Gasteiger partial charge in [-0.2, -0.15) is 0 Å². The van der Waals surface area contributed by atoms with Crippen molar-refractivity contribution in [2.75, 3.05) is 13.2 Å². The molecule has 0 saturated carbocycles. The summed E-state index contributed by atoms with van der Waals surface area (Å²) in [5, 5.41) is 11.9. The number of aliphatic hydroxyl groups excluding tert-OH is 1. The van der Waals surface area contributed by atoms with Crippen LogP contribution in [0.2, 0.25) is 5.02 Å². The van der Waals surface area contributed by atoms with Crippen molar-refractivity contribution in [3.63, 3.8) is 0 Å². The highest BCUT2D eigenvalue weighted by atomic mass is 35.5. The molecule has 1 rings (SSSR count). The van der Waals surface area contributed by atoms with Crippen LogP contribution in [0, 0.1) is 5.82 Å². The fraction of sp³-hybridized carbons (Fsp3) is 0.455. The lowest BCUT2D eigenvalue weighted by Crippen LogP contribution is -2.20. The highest BCUT2D eigenvalue weighted by Gasteiger charge is 2.07. The van der Waals surface area contributed by atoms with Gasteiger partial charge in [-0.05, 0) is 37.6 Å². The fourth-order valence-corrected chi connectivity index (χ4v) is 1.41. The van der Waals surface area contributed by atoms with Crippen molar-refractivity contribution in [2.45, 2.75) is 19.4 Å². The first-order chi connectivity index (χ1) is 7.15. The van der Waals surface area contributed by atoms with Crippen molar-refractivity contribution >= 4 is 11.6 Å². The van der Waals surface area contributed by atoms with E-state index in [1.807, 2.05) is 6.92 Å². The quantitative estimate of drug-likeness (QED) is 0.764. The molecule has 0 radical (unpaired) electrons. The molecule has 0 amide bonds. The van der Waals surface area contributed by atoms with Gasteiger partial charge in [0, 0.05) is 12.6 Å². The Hall–Kier alpha value is -0.640. The molecule has 1 atom stereocenters. The van der Waals surface area contributed by atoms with E-state index in [2.05, 4.69) is 5.32 Å². The Labute approximate surface area is 94.1 Å². The smallest absolute Gasteiger partial charge is 0.142 e. The number of benzene rings is 1. The predicted molar refractivity (Wildman–Crippen MR) is 59.5 cm³/mol. The van der Waals surface area contributed by atoms with Crippen molar-refractivity contribution in [3.05, 3.63) is 34.6 Å². The third-order valence-electron chi connectivity index (χ3n) is 2.23. The molecule has 0 fully saturated rings. The van der Waals surface area contributed by atoms with Crippen LogP contribution in [0.1, 0.15) is 24.9 Å². The molecule has 0 aliphatic carbocycles. The third-order valence-corrected chi connectivity index (χ3v) is 2.54. The molecule has 0 saturated heterocycles. The molecule has 0 aromatic heterocycles. The average molecular weight is 232 g/mol. The Morgan fingerprint density at radius 2 is 2.27 bits per heavy atom. The van der Waals surface area contributed by atoms with E-state index < -0.39 is 5.82 Å². The van der Waals surface area contributed by atoms with Crippen molar-refractivity contribution in [3.8, 4) is 0 Å². The highest BCUT2D eigenvalue weighted by molar-refractivity contribution is 6.30. The number of aliphatic hydroxyl groups is 1. The molecule has 2 N–H and O–H groups in total. The Kier molecular flexibility index (Phi) is 5.02. The Morgan fingerprint density at radius 1 is 1.53 bits per heavy atom. The van der Waals surface area contributed by atoms with Crippen molar-refractivity contribution in [2.24, 2.45) is 0 Å². The third kappa shape index (κ3) is 3.78. The van der Waals surface area contributed by atoms with Gasteiger partial charge in [0.05, 0.1) is 5.02 Å². The summed E-state index contributed by atoms with van der Waals surface area (Å²) in [6, 6.07) is 4.83. The van der Waals surface area contributed by atoms with E-state index >= 15 is 0 Å². The van der Waals surface area contributed by atoms with Gasteiger partial charge in [0.25, 0.3) is 0 Å². The van der Waals surface area contributed by atoms with E-state index in [1.54, 1.807) is 12.1 Å². The van der Waals surface area contributed by atoms with Gasteiger partial charge in [0.15, 0.2) is 0 Å². The van der Waals surface area contributed by atoms with E-state index in [0.29, 0.717) is 13.0 Å². The second kappa shape index (κ2) is 6.05. The molecule has 4 heteroatoms. The SMILES string of the molecule is CC(NCCCO)c1ccc(Cl)c(F)c1. The number of hydrogen-bond acceptors (Lipinski definition) is 2. The molecule has 0 aliphatic heterocycles. The Balaban J connectivity index is 2.57. The summed E-state index contributed by atoms with van der Waals surface area (Å²) in [6.45, 7) is 2.82.